The van der Waals surface area contributed by atoms with Crippen LogP contribution in [-0.4, -0.2) is 40.7 Å². The quantitative estimate of drug-likeness (QED) is 0.766. The van der Waals surface area contributed by atoms with Gasteiger partial charge in [-0.3, -0.25) is 9.78 Å². The number of hydrogen-bond acceptors (Lipinski definition) is 4. The second-order valence-corrected chi connectivity index (χ2v) is 7.02. The Kier molecular flexibility index (Phi) is 6.12. The Morgan fingerprint density at radius 3 is 2.88 bits per heavy atom. The number of carbonyl (C=O) groups excluding carboxylic acids is 2. The summed E-state index contributed by atoms with van der Waals surface area (Å²) in [6.07, 6.45) is 6.70. The van der Waals surface area contributed by atoms with Crippen LogP contribution >= 0.6 is 11.8 Å². The summed E-state index contributed by atoms with van der Waals surface area (Å²) in [5.74, 6) is 0.0458. The molecule has 1 atom stereocenters. The number of aromatic nitrogens is 1. The summed E-state index contributed by atoms with van der Waals surface area (Å²) in [5, 5.41) is 5.93. The van der Waals surface area contributed by atoms with Crippen LogP contribution in [0.15, 0.2) is 53.7 Å². The van der Waals surface area contributed by atoms with Crippen molar-refractivity contribution in [2.24, 2.45) is 0 Å². The van der Waals surface area contributed by atoms with Crippen LogP contribution in [0, 0.1) is 0 Å². The molecule has 3 rings (SSSR count). The fraction of sp³-hybridized carbons (Fsp3) is 0.316. The van der Waals surface area contributed by atoms with Gasteiger partial charge in [0, 0.05) is 42.8 Å². The lowest BCUT2D eigenvalue weighted by molar-refractivity contribution is -0.119. The molecule has 1 aliphatic rings. The number of urea groups is 1. The molecule has 6 nitrogen and oxygen atoms in total. The number of hydrogen-bond donors (Lipinski definition) is 2. The number of nitrogens with zero attached hydrogens (tertiary/aromatic N) is 2. The Morgan fingerprint density at radius 2 is 2.19 bits per heavy atom. The van der Waals surface area contributed by atoms with E-state index >= 15 is 0 Å². The van der Waals surface area contributed by atoms with Crippen molar-refractivity contribution in [2.45, 2.75) is 30.3 Å². The van der Waals surface area contributed by atoms with Gasteiger partial charge in [0.25, 0.3) is 0 Å². The number of amides is 3. The van der Waals surface area contributed by atoms with Crippen LogP contribution < -0.4 is 10.6 Å². The molecule has 2 aromatic rings. The number of anilines is 1. The average molecular weight is 370 g/mol. The van der Waals surface area contributed by atoms with Crippen molar-refractivity contribution in [1.29, 1.82) is 0 Å². The Balaban J connectivity index is 1.74. The second kappa shape index (κ2) is 8.71. The van der Waals surface area contributed by atoms with Crippen molar-refractivity contribution in [3.63, 3.8) is 0 Å². The maximum absolute atomic E-state index is 12.9. The maximum Gasteiger partial charge on any atom is 0.322 e. The summed E-state index contributed by atoms with van der Waals surface area (Å²) >= 11 is 1.59. The van der Waals surface area contributed by atoms with E-state index in [9.17, 15) is 9.59 Å². The molecular formula is C19H22N4O2S. The van der Waals surface area contributed by atoms with E-state index in [2.05, 4.69) is 15.6 Å². The van der Waals surface area contributed by atoms with Crippen molar-refractivity contribution in [3.05, 3.63) is 54.4 Å². The monoisotopic (exact) mass is 370 g/mol. The van der Waals surface area contributed by atoms with Crippen LogP contribution in [0.3, 0.4) is 0 Å². The molecule has 2 N–H and O–H groups in total. The molecule has 0 bridgehead atoms. The van der Waals surface area contributed by atoms with Gasteiger partial charge in [-0.2, -0.15) is 0 Å². The van der Waals surface area contributed by atoms with Gasteiger partial charge in [-0.25, -0.2) is 4.79 Å². The van der Waals surface area contributed by atoms with Crippen LogP contribution in [0.1, 0.15) is 18.4 Å². The van der Waals surface area contributed by atoms with Crippen LogP contribution in [0.25, 0.3) is 0 Å². The van der Waals surface area contributed by atoms with E-state index in [-0.39, 0.29) is 18.0 Å². The lowest BCUT2D eigenvalue weighted by atomic mass is 10.2. The lowest BCUT2D eigenvalue weighted by Crippen LogP contribution is -2.43. The topological polar surface area (TPSA) is 74.3 Å². The molecule has 136 valence electrons. The summed E-state index contributed by atoms with van der Waals surface area (Å²) < 4.78 is 0. The zero-order valence-corrected chi connectivity index (χ0v) is 15.5. The van der Waals surface area contributed by atoms with E-state index in [0.29, 0.717) is 19.5 Å². The van der Waals surface area contributed by atoms with Crippen molar-refractivity contribution < 1.29 is 9.59 Å². The number of carbonyl (C=O) groups is 2. The minimum Gasteiger partial charge on any atom is -0.352 e. The second-order valence-electron chi connectivity index (χ2n) is 6.18. The van der Waals surface area contributed by atoms with Crippen molar-refractivity contribution in [1.82, 2.24) is 15.2 Å². The van der Waals surface area contributed by atoms with Crippen LogP contribution in [0.4, 0.5) is 10.5 Å². The van der Waals surface area contributed by atoms with E-state index in [1.54, 1.807) is 29.1 Å². The summed E-state index contributed by atoms with van der Waals surface area (Å²) in [6.45, 7) is 0.904. The Hall–Kier alpha value is -2.54. The molecule has 1 aromatic heterocycles. The molecule has 1 fully saturated rings. The SMILES string of the molecule is CSc1ccccc1NC(=O)N(Cc1cccnc1)C[C@@H]1CCC(=O)N1. The number of pyridine rings is 1. The highest BCUT2D eigenvalue weighted by Gasteiger charge is 2.25. The van der Waals surface area contributed by atoms with E-state index in [4.69, 9.17) is 0 Å². The van der Waals surface area contributed by atoms with Crippen molar-refractivity contribution in [2.75, 3.05) is 18.1 Å². The smallest absolute Gasteiger partial charge is 0.322 e. The van der Waals surface area contributed by atoms with E-state index in [1.165, 1.54) is 0 Å². The zero-order chi connectivity index (χ0) is 18.4. The Morgan fingerprint density at radius 1 is 1.35 bits per heavy atom. The highest BCUT2D eigenvalue weighted by Crippen LogP contribution is 2.25. The fourth-order valence-corrected chi connectivity index (χ4v) is 3.51. The molecule has 1 aliphatic heterocycles. The Labute approximate surface area is 157 Å². The third kappa shape index (κ3) is 4.76. The first-order valence-corrected chi connectivity index (χ1v) is 9.75. The molecular weight excluding hydrogens is 348 g/mol. The van der Waals surface area contributed by atoms with E-state index < -0.39 is 0 Å². The highest BCUT2D eigenvalue weighted by molar-refractivity contribution is 7.98. The maximum atomic E-state index is 12.9. The molecule has 1 saturated heterocycles. The summed E-state index contributed by atoms with van der Waals surface area (Å²) in [4.78, 5) is 31.3. The summed E-state index contributed by atoms with van der Waals surface area (Å²) in [5.41, 5.74) is 1.74. The number of thioether (sulfide) groups is 1. The predicted octanol–water partition coefficient (Wildman–Crippen LogP) is 3.12. The largest absolute Gasteiger partial charge is 0.352 e. The van der Waals surface area contributed by atoms with Gasteiger partial charge in [-0.05, 0) is 36.4 Å². The Bertz CT molecular complexity index is 769. The zero-order valence-electron chi connectivity index (χ0n) is 14.6. The van der Waals surface area contributed by atoms with Gasteiger partial charge < -0.3 is 15.5 Å². The molecule has 3 amide bonds. The first kappa shape index (κ1) is 18.3. The van der Waals surface area contributed by atoms with Gasteiger partial charge in [-0.15, -0.1) is 11.8 Å². The number of para-hydroxylation sites is 1. The standard InChI is InChI=1S/C19H22N4O2S/c1-26-17-7-3-2-6-16(17)22-19(25)23(12-14-5-4-10-20-11-14)13-15-8-9-18(24)21-15/h2-7,10-11,15H,8-9,12-13H2,1H3,(H,21,24)(H,22,25)/t15-/m0/s1. The normalized spacial score (nSPS) is 16.2. The molecule has 0 saturated carbocycles. The molecule has 1 aromatic carbocycles. The van der Waals surface area contributed by atoms with E-state index in [0.717, 1.165) is 22.6 Å². The number of rotatable bonds is 6. The third-order valence-corrected chi connectivity index (χ3v) is 5.05. The number of nitrogens with one attached hydrogen (secondary N) is 2. The van der Waals surface area contributed by atoms with Gasteiger partial charge in [-0.1, -0.05) is 18.2 Å². The third-order valence-electron chi connectivity index (χ3n) is 4.26. The van der Waals surface area contributed by atoms with Gasteiger partial charge in [0.2, 0.25) is 5.91 Å². The lowest BCUT2D eigenvalue weighted by Gasteiger charge is -2.26. The molecule has 7 heteroatoms. The van der Waals surface area contributed by atoms with Gasteiger partial charge in [0.1, 0.15) is 0 Å². The summed E-state index contributed by atoms with van der Waals surface area (Å²) in [7, 11) is 0. The van der Waals surface area contributed by atoms with Crippen LogP contribution in [0.2, 0.25) is 0 Å². The molecule has 0 radical (unpaired) electrons. The average Bonchev–Trinajstić information content (AvgIpc) is 3.07. The van der Waals surface area contributed by atoms with Gasteiger partial charge in [0.05, 0.1) is 5.69 Å². The van der Waals surface area contributed by atoms with Crippen LogP contribution in [-0.2, 0) is 11.3 Å². The summed E-state index contributed by atoms with van der Waals surface area (Å²) in [6, 6.07) is 11.3. The molecule has 0 unspecified atom stereocenters. The van der Waals surface area contributed by atoms with Crippen molar-refractivity contribution in [3.8, 4) is 0 Å². The first-order chi connectivity index (χ1) is 12.7. The molecule has 0 aliphatic carbocycles. The molecule has 0 spiro atoms. The van der Waals surface area contributed by atoms with Crippen LogP contribution in [0.5, 0.6) is 0 Å². The minimum absolute atomic E-state index is 0.0132. The van der Waals surface area contributed by atoms with Gasteiger partial charge >= 0.3 is 6.03 Å². The minimum atomic E-state index is -0.184. The van der Waals surface area contributed by atoms with Crippen molar-refractivity contribution >= 4 is 29.4 Å². The van der Waals surface area contributed by atoms with Gasteiger partial charge in [0.15, 0.2) is 0 Å². The fourth-order valence-electron chi connectivity index (χ4n) is 2.95. The highest BCUT2D eigenvalue weighted by atomic mass is 32.2. The first-order valence-electron chi connectivity index (χ1n) is 8.53. The predicted molar refractivity (Wildman–Crippen MR) is 103 cm³/mol. The molecule has 2 heterocycles. The van der Waals surface area contributed by atoms with E-state index in [1.807, 2.05) is 42.7 Å². The molecule has 26 heavy (non-hydrogen) atoms. The number of benzene rings is 1.